The normalized spacial score (nSPS) is 10.6. The average molecular weight is 292 g/mol. The standard InChI is InChI=1S/C18H16N2O2/c1-12(22)20-17-8-7-15(16-6-3-9-19-18(16)17)14-5-2-4-13(10-14)11-21/h2-10,21H,11H2,1H3,(H,20,22). The molecule has 110 valence electrons. The van der Waals surface area contributed by atoms with Crippen LogP contribution in [0.1, 0.15) is 12.5 Å². The molecule has 1 amide bonds. The van der Waals surface area contributed by atoms with Crippen LogP contribution in [-0.2, 0) is 11.4 Å². The second-order valence-electron chi connectivity index (χ2n) is 5.10. The SMILES string of the molecule is CC(=O)Nc1ccc(-c2cccc(CO)c2)c2cccnc12. The summed E-state index contributed by atoms with van der Waals surface area (Å²) in [6, 6.07) is 15.4. The van der Waals surface area contributed by atoms with E-state index in [1.54, 1.807) is 6.20 Å². The number of amides is 1. The molecule has 0 bridgehead atoms. The van der Waals surface area contributed by atoms with Crippen molar-refractivity contribution in [2.75, 3.05) is 5.32 Å². The lowest BCUT2D eigenvalue weighted by molar-refractivity contribution is -0.114. The van der Waals surface area contributed by atoms with Crippen LogP contribution in [0.25, 0.3) is 22.0 Å². The van der Waals surface area contributed by atoms with Gasteiger partial charge in [0.15, 0.2) is 0 Å². The molecule has 0 aliphatic heterocycles. The van der Waals surface area contributed by atoms with E-state index in [2.05, 4.69) is 10.3 Å². The van der Waals surface area contributed by atoms with Gasteiger partial charge in [0.05, 0.1) is 17.8 Å². The summed E-state index contributed by atoms with van der Waals surface area (Å²) in [5.41, 5.74) is 4.35. The molecule has 0 radical (unpaired) electrons. The Labute approximate surface area is 128 Å². The molecule has 2 aromatic carbocycles. The number of benzene rings is 2. The molecule has 0 aliphatic carbocycles. The Hall–Kier alpha value is -2.72. The summed E-state index contributed by atoms with van der Waals surface area (Å²) in [6.07, 6.45) is 1.71. The van der Waals surface area contributed by atoms with Crippen molar-refractivity contribution in [1.29, 1.82) is 0 Å². The van der Waals surface area contributed by atoms with Crippen molar-refractivity contribution >= 4 is 22.5 Å². The van der Waals surface area contributed by atoms with Gasteiger partial charge in [0.2, 0.25) is 5.91 Å². The Morgan fingerprint density at radius 1 is 1.18 bits per heavy atom. The maximum atomic E-state index is 11.3. The Morgan fingerprint density at radius 3 is 2.82 bits per heavy atom. The number of hydrogen-bond acceptors (Lipinski definition) is 3. The van der Waals surface area contributed by atoms with E-state index >= 15 is 0 Å². The van der Waals surface area contributed by atoms with Gasteiger partial charge in [-0.3, -0.25) is 9.78 Å². The molecule has 0 saturated heterocycles. The first-order valence-corrected chi connectivity index (χ1v) is 7.04. The molecule has 0 spiro atoms. The summed E-state index contributed by atoms with van der Waals surface area (Å²) >= 11 is 0. The maximum Gasteiger partial charge on any atom is 0.221 e. The molecule has 4 heteroatoms. The van der Waals surface area contributed by atoms with Crippen LogP contribution in [-0.4, -0.2) is 16.0 Å². The molecule has 0 unspecified atom stereocenters. The van der Waals surface area contributed by atoms with Gasteiger partial charge in [0.1, 0.15) is 0 Å². The van der Waals surface area contributed by atoms with Crippen molar-refractivity contribution in [2.24, 2.45) is 0 Å². The van der Waals surface area contributed by atoms with Crippen molar-refractivity contribution in [2.45, 2.75) is 13.5 Å². The molecule has 2 N–H and O–H groups in total. The predicted octanol–water partition coefficient (Wildman–Crippen LogP) is 3.35. The number of carbonyl (C=O) groups excluding carboxylic acids is 1. The molecule has 0 atom stereocenters. The lowest BCUT2D eigenvalue weighted by Gasteiger charge is -2.11. The van der Waals surface area contributed by atoms with E-state index in [4.69, 9.17) is 0 Å². The van der Waals surface area contributed by atoms with Gasteiger partial charge in [0, 0.05) is 18.5 Å². The molecule has 1 heterocycles. The third-order valence-corrected chi connectivity index (χ3v) is 3.50. The second kappa shape index (κ2) is 5.95. The van der Waals surface area contributed by atoms with Gasteiger partial charge in [0.25, 0.3) is 0 Å². The van der Waals surface area contributed by atoms with E-state index in [9.17, 15) is 9.90 Å². The molecule has 22 heavy (non-hydrogen) atoms. The number of carbonyl (C=O) groups is 1. The topological polar surface area (TPSA) is 62.2 Å². The Morgan fingerprint density at radius 2 is 2.05 bits per heavy atom. The third kappa shape index (κ3) is 2.69. The zero-order valence-electron chi connectivity index (χ0n) is 12.2. The number of aromatic nitrogens is 1. The molecular weight excluding hydrogens is 276 g/mol. The van der Waals surface area contributed by atoms with E-state index in [1.807, 2.05) is 48.5 Å². The number of rotatable bonds is 3. The number of nitrogens with zero attached hydrogens (tertiary/aromatic N) is 1. The average Bonchev–Trinajstić information content (AvgIpc) is 2.55. The third-order valence-electron chi connectivity index (χ3n) is 3.50. The Balaban J connectivity index is 2.21. The highest BCUT2D eigenvalue weighted by Gasteiger charge is 2.10. The summed E-state index contributed by atoms with van der Waals surface area (Å²) in [7, 11) is 0. The zero-order chi connectivity index (χ0) is 15.5. The number of fused-ring (bicyclic) bond motifs is 1. The lowest BCUT2D eigenvalue weighted by Crippen LogP contribution is -2.06. The zero-order valence-corrected chi connectivity index (χ0v) is 12.2. The smallest absolute Gasteiger partial charge is 0.221 e. The highest BCUT2D eigenvalue weighted by Crippen LogP contribution is 2.32. The molecule has 3 rings (SSSR count). The summed E-state index contributed by atoms with van der Waals surface area (Å²) in [5, 5.41) is 13.1. The quantitative estimate of drug-likeness (QED) is 0.778. The van der Waals surface area contributed by atoms with E-state index in [-0.39, 0.29) is 12.5 Å². The lowest BCUT2D eigenvalue weighted by atomic mass is 9.98. The summed E-state index contributed by atoms with van der Waals surface area (Å²) in [5.74, 6) is -0.123. The van der Waals surface area contributed by atoms with Gasteiger partial charge in [-0.25, -0.2) is 0 Å². The van der Waals surface area contributed by atoms with Gasteiger partial charge in [-0.1, -0.05) is 30.3 Å². The van der Waals surface area contributed by atoms with Crippen LogP contribution in [0.15, 0.2) is 54.7 Å². The van der Waals surface area contributed by atoms with Crippen molar-refractivity contribution in [3.05, 3.63) is 60.3 Å². The fourth-order valence-corrected chi connectivity index (χ4v) is 2.55. The van der Waals surface area contributed by atoms with E-state index in [1.165, 1.54) is 6.92 Å². The molecule has 3 aromatic rings. The second-order valence-corrected chi connectivity index (χ2v) is 5.10. The Bertz CT molecular complexity index is 843. The highest BCUT2D eigenvalue weighted by atomic mass is 16.3. The van der Waals surface area contributed by atoms with Crippen LogP contribution in [0.3, 0.4) is 0 Å². The van der Waals surface area contributed by atoms with Gasteiger partial charge in [-0.05, 0) is 34.9 Å². The van der Waals surface area contributed by atoms with Crippen LogP contribution in [0.5, 0.6) is 0 Å². The van der Waals surface area contributed by atoms with Gasteiger partial charge < -0.3 is 10.4 Å². The Kier molecular flexibility index (Phi) is 3.85. The number of anilines is 1. The monoisotopic (exact) mass is 292 g/mol. The maximum absolute atomic E-state index is 11.3. The van der Waals surface area contributed by atoms with E-state index in [0.29, 0.717) is 5.69 Å². The fraction of sp³-hybridized carbons (Fsp3) is 0.111. The number of aliphatic hydroxyl groups excluding tert-OH is 1. The van der Waals surface area contributed by atoms with Crippen LogP contribution in [0, 0.1) is 0 Å². The molecular formula is C18H16N2O2. The number of pyridine rings is 1. The first-order valence-electron chi connectivity index (χ1n) is 7.04. The largest absolute Gasteiger partial charge is 0.392 e. The van der Waals surface area contributed by atoms with Crippen molar-refractivity contribution in [3.8, 4) is 11.1 Å². The van der Waals surface area contributed by atoms with Crippen molar-refractivity contribution < 1.29 is 9.90 Å². The predicted molar refractivity (Wildman–Crippen MR) is 87.4 cm³/mol. The number of nitrogens with one attached hydrogen (secondary N) is 1. The minimum atomic E-state index is -0.123. The van der Waals surface area contributed by atoms with Gasteiger partial charge in [-0.2, -0.15) is 0 Å². The molecule has 1 aromatic heterocycles. The highest BCUT2D eigenvalue weighted by molar-refractivity contribution is 6.05. The van der Waals surface area contributed by atoms with E-state index in [0.717, 1.165) is 27.6 Å². The van der Waals surface area contributed by atoms with Crippen LogP contribution in [0.4, 0.5) is 5.69 Å². The summed E-state index contributed by atoms with van der Waals surface area (Å²) in [4.78, 5) is 15.7. The van der Waals surface area contributed by atoms with Gasteiger partial charge in [-0.15, -0.1) is 0 Å². The van der Waals surface area contributed by atoms with Crippen LogP contribution >= 0.6 is 0 Å². The minimum Gasteiger partial charge on any atom is -0.392 e. The molecule has 0 saturated carbocycles. The van der Waals surface area contributed by atoms with Crippen LogP contribution in [0.2, 0.25) is 0 Å². The number of hydrogen-bond donors (Lipinski definition) is 2. The van der Waals surface area contributed by atoms with E-state index < -0.39 is 0 Å². The minimum absolute atomic E-state index is 0.00793. The fourth-order valence-electron chi connectivity index (χ4n) is 2.55. The molecule has 0 fully saturated rings. The van der Waals surface area contributed by atoms with Crippen molar-refractivity contribution in [3.63, 3.8) is 0 Å². The first kappa shape index (κ1) is 14.2. The number of aliphatic hydroxyl groups is 1. The molecule has 0 aliphatic rings. The molecule has 4 nitrogen and oxygen atoms in total. The van der Waals surface area contributed by atoms with Crippen molar-refractivity contribution in [1.82, 2.24) is 4.98 Å². The van der Waals surface area contributed by atoms with Gasteiger partial charge >= 0.3 is 0 Å². The first-order chi connectivity index (χ1) is 10.7. The summed E-state index contributed by atoms with van der Waals surface area (Å²) in [6.45, 7) is 1.49. The van der Waals surface area contributed by atoms with Crippen LogP contribution < -0.4 is 5.32 Å². The summed E-state index contributed by atoms with van der Waals surface area (Å²) < 4.78 is 0.